The lowest BCUT2D eigenvalue weighted by molar-refractivity contribution is -0.0533. The van der Waals surface area contributed by atoms with Crippen LogP contribution in [0.25, 0.3) is 0 Å². The fourth-order valence-corrected chi connectivity index (χ4v) is 1.42. The van der Waals surface area contributed by atoms with Gasteiger partial charge in [0.2, 0.25) is 0 Å². The topological polar surface area (TPSA) is 49.7 Å². The fraction of sp³-hybridized carbons (Fsp3) is 0.538. The molecule has 3 nitrogen and oxygen atoms in total. The summed E-state index contributed by atoms with van der Waals surface area (Å²) in [6.07, 6.45) is -0.732. The van der Waals surface area contributed by atoms with E-state index in [1.54, 1.807) is 6.92 Å². The Morgan fingerprint density at radius 2 is 1.75 bits per heavy atom. The minimum absolute atomic E-state index is 0.257. The Balaban J connectivity index is 2.37. The highest BCUT2D eigenvalue weighted by Gasteiger charge is 2.15. The first-order chi connectivity index (χ1) is 7.59. The van der Waals surface area contributed by atoms with Gasteiger partial charge < -0.3 is 14.9 Å². The van der Waals surface area contributed by atoms with Crippen LogP contribution in [0.5, 0.6) is 0 Å². The molecule has 90 valence electrons. The molecule has 2 N–H and O–H groups in total. The Kier molecular flexibility index (Phi) is 5.46. The van der Waals surface area contributed by atoms with Crippen molar-refractivity contribution in [1.29, 1.82) is 0 Å². The molecule has 3 atom stereocenters. The molecular formula is C13H20O3. The number of rotatable bonds is 6. The second kappa shape index (κ2) is 6.63. The van der Waals surface area contributed by atoms with Crippen molar-refractivity contribution >= 4 is 0 Å². The lowest BCUT2D eigenvalue weighted by Crippen LogP contribution is -2.30. The molecule has 0 heterocycles. The third-order valence-corrected chi connectivity index (χ3v) is 2.43. The molecule has 0 saturated carbocycles. The van der Waals surface area contributed by atoms with Gasteiger partial charge in [-0.25, -0.2) is 0 Å². The Bertz CT molecular complexity index is 284. The van der Waals surface area contributed by atoms with Crippen molar-refractivity contribution in [3.63, 3.8) is 0 Å². The number of aliphatic hydroxyl groups is 2. The lowest BCUT2D eigenvalue weighted by atomic mass is 10.0. The molecule has 16 heavy (non-hydrogen) atoms. The SMILES string of the molecule is CC(O)COC(C)C(O)Cc1ccccc1. The number of hydrogen-bond donors (Lipinski definition) is 2. The van der Waals surface area contributed by atoms with Crippen molar-refractivity contribution in [3.8, 4) is 0 Å². The van der Waals surface area contributed by atoms with E-state index in [4.69, 9.17) is 9.84 Å². The van der Waals surface area contributed by atoms with E-state index in [-0.39, 0.29) is 12.7 Å². The molecular weight excluding hydrogens is 204 g/mol. The van der Waals surface area contributed by atoms with Crippen molar-refractivity contribution in [1.82, 2.24) is 0 Å². The zero-order valence-corrected chi connectivity index (χ0v) is 9.84. The van der Waals surface area contributed by atoms with Crippen molar-refractivity contribution < 1.29 is 14.9 Å². The highest BCUT2D eigenvalue weighted by atomic mass is 16.5. The maximum atomic E-state index is 9.88. The molecule has 0 saturated heterocycles. The van der Waals surface area contributed by atoms with E-state index in [9.17, 15) is 5.11 Å². The van der Waals surface area contributed by atoms with Crippen molar-refractivity contribution in [2.45, 2.75) is 38.6 Å². The van der Waals surface area contributed by atoms with Gasteiger partial charge in [-0.15, -0.1) is 0 Å². The van der Waals surface area contributed by atoms with Crippen molar-refractivity contribution in [2.75, 3.05) is 6.61 Å². The molecule has 0 aliphatic carbocycles. The van der Waals surface area contributed by atoms with Gasteiger partial charge in [0.25, 0.3) is 0 Å². The lowest BCUT2D eigenvalue weighted by Gasteiger charge is -2.20. The van der Waals surface area contributed by atoms with E-state index in [0.717, 1.165) is 5.56 Å². The van der Waals surface area contributed by atoms with E-state index < -0.39 is 12.2 Å². The highest BCUT2D eigenvalue weighted by molar-refractivity contribution is 5.15. The molecule has 3 unspecified atom stereocenters. The molecule has 0 radical (unpaired) electrons. The van der Waals surface area contributed by atoms with Gasteiger partial charge in [0.15, 0.2) is 0 Å². The first-order valence-corrected chi connectivity index (χ1v) is 5.61. The summed E-state index contributed by atoms with van der Waals surface area (Å²) in [4.78, 5) is 0. The maximum absolute atomic E-state index is 9.88. The zero-order valence-electron chi connectivity index (χ0n) is 9.84. The van der Waals surface area contributed by atoms with Gasteiger partial charge >= 0.3 is 0 Å². The Morgan fingerprint density at radius 1 is 1.12 bits per heavy atom. The van der Waals surface area contributed by atoms with Crippen LogP contribution in [0, 0.1) is 0 Å². The smallest absolute Gasteiger partial charge is 0.0839 e. The molecule has 0 aliphatic rings. The molecule has 0 spiro atoms. The zero-order chi connectivity index (χ0) is 12.0. The van der Waals surface area contributed by atoms with E-state index >= 15 is 0 Å². The molecule has 1 aromatic carbocycles. The molecule has 0 fully saturated rings. The second-order valence-electron chi connectivity index (χ2n) is 4.14. The predicted molar refractivity (Wildman–Crippen MR) is 63.2 cm³/mol. The number of ether oxygens (including phenoxy) is 1. The van der Waals surface area contributed by atoms with E-state index in [1.165, 1.54) is 0 Å². The van der Waals surface area contributed by atoms with Crippen LogP contribution in [0.2, 0.25) is 0 Å². The van der Waals surface area contributed by atoms with E-state index in [2.05, 4.69) is 0 Å². The summed E-state index contributed by atoms with van der Waals surface area (Å²) in [5.74, 6) is 0. The molecule has 1 aromatic rings. The number of aliphatic hydroxyl groups excluding tert-OH is 2. The number of hydrogen-bond acceptors (Lipinski definition) is 3. The van der Waals surface area contributed by atoms with Crippen molar-refractivity contribution in [3.05, 3.63) is 35.9 Å². The Hall–Kier alpha value is -0.900. The summed E-state index contributed by atoms with van der Waals surface area (Å²) in [7, 11) is 0. The first kappa shape index (κ1) is 13.2. The van der Waals surface area contributed by atoms with Gasteiger partial charge in [-0.3, -0.25) is 0 Å². The minimum atomic E-state index is -0.541. The largest absolute Gasteiger partial charge is 0.391 e. The van der Waals surface area contributed by atoms with Gasteiger partial charge in [0.1, 0.15) is 0 Å². The van der Waals surface area contributed by atoms with Gasteiger partial charge in [-0.05, 0) is 19.4 Å². The summed E-state index contributed by atoms with van der Waals surface area (Å²) < 4.78 is 5.34. The molecule has 0 aromatic heterocycles. The van der Waals surface area contributed by atoms with Gasteiger partial charge in [-0.2, -0.15) is 0 Å². The van der Waals surface area contributed by atoms with E-state index in [1.807, 2.05) is 37.3 Å². The van der Waals surface area contributed by atoms with Crippen LogP contribution >= 0.6 is 0 Å². The van der Waals surface area contributed by atoms with Crippen LogP contribution in [0.1, 0.15) is 19.4 Å². The maximum Gasteiger partial charge on any atom is 0.0839 e. The predicted octanol–water partition coefficient (Wildman–Crippen LogP) is 1.38. The van der Waals surface area contributed by atoms with Gasteiger partial charge in [0, 0.05) is 6.42 Å². The molecule has 3 heteroatoms. The van der Waals surface area contributed by atoms with Crippen LogP contribution in [-0.2, 0) is 11.2 Å². The quantitative estimate of drug-likeness (QED) is 0.767. The third kappa shape index (κ3) is 4.75. The monoisotopic (exact) mass is 224 g/mol. The van der Waals surface area contributed by atoms with E-state index in [0.29, 0.717) is 6.42 Å². The molecule has 0 amide bonds. The standard InChI is InChI=1S/C13H20O3/c1-10(14)9-16-11(2)13(15)8-12-6-4-3-5-7-12/h3-7,10-11,13-15H,8-9H2,1-2H3. The highest BCUT2D eigenvalue weighted by Crippen LogP contribution is 2.08. The summed E-state index contributed by atoms with van der Waals surface area (Å²) in [5.41, 5.74) is 1.09. The molecule has 1 rings (SSSR count). The molecule has 0 aliphatic heterocycles. The minimum Gasteiger partial charge on any atom is -0.391 e. The third-order valence-electron chi connectivity index (χ3n) is 2.43. The summed E-state index contributed by atoms with van der Waals surface area (Å²) in [5, 5.41) is 18.9. The average molecular weight is 224 g/mol. The first-order valence-electron chi connectivity index (χ1n) is 5.61. The van der Waals surface area contributed by atoms with Gasteiger partial charge in [-0.1, -0.05) is 30.3 Å². The van der Waals surface area contributed by atoms with Gasteiger partial charge in [0.05, 0.1) is 24.9 Å². The van der Waals surface area contributed by atoms with Crippen LogP contribution < -0.4 is 0 Å². The second-order valence-corrected chi connectivity index (χ2v) is 4.14. The summed E-state index contributed by atoms with van der Waals surface area (Å²) in [6.45, 7) is 3.74. The van der Waals surface area contributed by atoms with Crippen LogP contribution in [0.3, 0.4) is 0 Å². The fourth-order valence-electron chi connectivity index (χ4n) is 1.42. The Morgan fingerprint density at radius 3 is 2.31 bits per heavy atom. The Labute approximate surface area is 96.7 Å². The van der Waals surface area contributed by atoms with Crippen molar-refractivity contribution in [2.24, 2.45) is 0 Å². The molecule has 0 bridgehead atoms. The normalized spacial score (nSPS) is 16.8. The van der Waals surface area contributed by atoms with Crippen LogP contribution in [0.4, 0.5) is 0 Å². The summed E-state index contributed by atoms with van der Waals surface area (Å²) >= 11 is 0. The average Bonchev–Trinajstić information content (AvgIpc) is 2.27. The van der Waals surface area contributed by atoms with Crippen LogP contribution in [-0.4, -0.2) is 35.1 Å². The van der Waals surface area contributed by atoms with Crippen LogP contribution in [0.15, 0.2) is 30.3 Å². The summed E-state index contributed by atoms with van der Waals surface area (Å²) in [6, 6.07) is 9.80. The number of benzene rings is 1.